The Labute approximate surface area is 191 Å². The highest BCUT2D eigenvalue weighted by molar-refractivity contribution is 6.42. The molecule has 1 aliphatic rings. The van der Waals surface area contributed by atoms with Gasteiger partial charge in [0.05, 0.1) is 22.3 Å². The van der Waals surface area contributed by atoms with Crippen molar-refractivity contribution in [3.8, 4) is 17.0 Å². The number of anilines is 1. The van der Waals surface area contributed by atoms with Crippen LogP contribution in [0.3, 0.4) is 0 Å². The minimum atomic E-state index is -0.0462. The molecule has 1 amide bonds. The second-order valence-electron chi connectivity index (χ2n) is 7.14. The molecule has 8 heteroatoms. The number of ether oxygens (including phenoxy) is 1. The standard InChI is InChI=1S/C23H22Cl2N4O2/c1-2-31-18-6-3-16(4-7-18)21-9-10-22(27-26-21)28-11-13-29(14-12-28)23(30)17-5-8-19(24)20(25)15-17/h3-10,15H,2,11-14H2,1H3. The summed E-state index contributed by atoms with van der Waals surface area (Å²) in [6.45, 7) is 5.17. The van der Waals surface area contributed by atoms with E-state index in [0.29, 0.717) is 48.4 Å². The lowest BCUT2D eigenvalue weighted by Gasteiger charge is -2.35. The quantitative estimate of drug-likeness (QED) is 0.551. The Kier molecular flexibility index (Phi) is 6.59. The van der Waals surface area contributed by atoms with Crippen molar-refractivity contribution in [3.05, 3.63) is 70.2 Å². The Morgan fingerprint density at radius 2 is 1.68 bits per heavy atom. The third-order valence-corrected chi connectivity index (χ3v) is 5.91. The number of rotatable bonds is 5. The molecule has 0 unspecified atom stereocenters. The maximum atomic E-state index is 12.7. The zero-order valence-corrected chi connectivity index (χ0v) is 18.6. The number of aromatic nitrogens is 2. The van der Waals surface area contributed by atoms with Crippen molar-refractivity contribution >= 4 is 34.9 Å². The van der Waals surface area contributed by atoms with Crippen molar-refractivity contribution in [1.82, 2.24) is 15.1 Å². The van der Waals surface area contributed by atoms with E-state index in [-0.39, 0.29) is 5.91 Å². The predicted molar refractivity (Wildman–Crippen MR) is 123 cm³/mol. The Hall–Kier alpha value is -2.83. The van der Waals surface area contributed by atoms with Gasteiger partial charge in [0, 0.05) is 37.3 Å². The largest absolute Gasteiger partial charge is 0.494 e. The molecule has 0 N–H and O–H groups in total. The van der Waals surface area contributed by atoms with Crippen LogP contribution >= 0.6 is 23.2 Å². The molecule has 1 aromatic heterocycles. The molecule has 160 valence electrons. The maximum Gasteiger partial charge on any atom is 0.254 e. The molecule has 0 saturated carbocycles. The van der Waals surface area contributed by atoms with Crippen LogP contribution in [-0.4, -0.2) is 53.8 Å². The van der Waals surface area contributed by atoms with Gasteiger partial charge in [0.15, 0.2) is 5.82 Å². The summed E-state index contributed by atoms with van der Waals surface area (Å²) in [5, 5.41) is 9.60. The van der Waals surface area contributed by atoms with Crippen LogP contribution < -0.4 is 9.64 Å². The van der Waals surface area contributed by atoms with Gasteiger partial charge in [0.1, 0.15) is 5.75 Å². The first kappa shape index (κ1) is 21.4. The van der Waals surface area contributed by atoms with Crippen LogP contribution in [-0.2, 0) is 0 Å². The monoisotopic (exact) mass is 456 g/mol. The molecule has 3 aromatic rings. The summed E-state index contributed by atoms with van der Waals surface area (Å²) in [4.78, 5) is 16.7. The van der Waals surface area contributed by atoms with Gasteiger partial charge in [-0.15, -0.1) is 10.2 Å². The number of amides is 1. The van der Waals surface area contributed by atoms with Crippen LogP contribution in [0.15, 0.2) is 54.6 Å². The second-order valence-corrected chi connectivity index (χ2v) is 7.96. The van der Waals surface area contributed by atoms with Crippen LogP contribution in [0, 0.1) is 0 Å². The maximum absolute atomic E-state index is 12.7. The Bertz CT molecular complexity index is 1050. The Balaban J connectivity index is 1.37. The first-order chi connectivity index (χ1) is 15.0. The smallest absolute Gasteiger partial charge is 0.254 e. The molecule has 0 aliphatic carbocycles. The third kappa shape index (κ3) is 4.92. The fourth-order valence-electron chi connectivity index (χ4n) is 3.49. The summed E-state index contributed by atoms with van der Waals surface area (Å²) in [6.07, 6.45) is 0. The van der Waals surface area contributed by atoms with Gasteiger partial charge in [-0.25, -0.2) is 0 Å². The number of carbonyl (C=O) groups excluding carboxylic acids is 1. The van der Waals surface area contributed by atoms with Crippen LogP contribution in [0.5, 0.6) is 5.75 Å². The number of hydrogen-bond acceptors (Lipinski definition) is 5. The van der Waals surface area contributed by atoms with Crippen molar-refractivity contribution in [3.63, 3.8) is 0 Å². The second kappa shape index (κ2) is 9.54. The molecule has 1 aliphatic heterocycles. The van der Waals surface area contributed by atoms with Crippen LogP contribution in [0.2, 0.25) is 10.0 Å². The molecular weight excluding hydrogens is 435 g/mol. The molecule has 2 heterocycles. The third-order valence-electron chi connectivity index (χ3n) is 5.17. The average molecular weight is 457 g/mol. The Morgan fingerprint density at radius 3 is 2.29 bits per heavy atom. The van der Waals surface area contributed by atoms with Crippen molar-refractivity contribution in [2.24, 2.45) is 0 Å². The van der Waals surface area contributed by atoms with Gasteiger partial charge in [-0.2, -0.15) is 0 Å². The van der Waals surface area contributed by atoms with Gasteiger partial charge in [-0.3, -0.25) is 4.79 Å². The first-order valence-corrected chi connectivity index (χ1v) is 10.9. The number of piperazine rings is 1. The van der Waals surface area contributed by atoms with E-state index in [1.807, 2.05) is 48.2 Å². The molecule has 0 bridgehead atoms. The molecule has 0 atom stereocenters. The van der Waals surface area contributed by atoms with E-state index in [9.17, 15) is 4.79 Å². The van der Waals surface area contributed by atoms with E-state index < -0.39 is 0 Å². The van der Waals surface area contributed by atoms with Gasteiger partial charge in [-0.1, -0.05) is 23.2 Å². The minimum Gasteiger partial charge on any atom is -0.494 e. The lowest BCUT2D eigenvalue weighted by atomic mass is 10.1. The van der Waals surface area contributed by atoms with E-state index >= 15 is 0 Å². The average Bonchev–Trinajstić information content (AvgIpc) is 2.81. The number of halogens is 2. The zero-order valence-electron chi connectivity index (χ0n) is 17.1. The van der Waals surface area contributed by atoms with E-state index in [4.69, 9.17) is 27.9 Å². The van der Waals surface area contributed by atoms with E-state index in [1.165, 1.54) is 0 Å². The highest BCUT2D eigenvalue weighted by Crippen LogP contribution is 2.25. The van der Waals surface area contributed by atoms with Gasteiger partial charge in [0.25, 0.3) is 5.91 Å². The SMILES string of the molecule is CCOc1ccc(-c2ccc(N3CCN(C(=O)c4ccc(Cl)c(Cl)c4)CC3)nn2)cc1. The van der Waals surface area contributed by atoms with Crippen molar-refractivity contribution in [2.75, 3.05) is 37.7 Å². The van der Waals surface area contributed by atoms with E-state index in [1.54, 1.807) is 18.2 Å². The van der Waals surface area contributed by atoms with Crippen LogP contribution in [0.4, 0.5) is 5.82 Å². The summed E-state index contributed by atoms with van der Waals surface area (Å²) >= 11 is 12.0. The molecule has 31 heavy (non-hydrogen) atoms. The summed E-state index contributed by atoms with van der Waals surface area (Å²) in [5.74, 6) is 1.59. The molecular formula is C23H22Cl2N4O2. The van der Waals surface area contributed by atoms with Crippen molar-refractivity contribution in [1.29, 1.82) is 0 Å². The Morgan fingerprint density at radius 1 is 0.935 bits per heavy atom. The number of benzene rings is 2. The molecule has 0 radical (unpaired) electrons. The fraction of sp³-hybridized carbons (Fsp3) is 0.261. The molecule has 1 fully saturated rings. The van der Waals surface area contributed by atoms with Gasteiger partial charge in [-0.05, 0) is 61.5 Å². The summed E-state index contributed by atoms with van der Waals surface area (Å²) < 4.78 is 5.48. The van der Waals surface area contributed by atoms with Crippen LogP contribution in [0.25, 0.3) is 11.3 Å². The molecule has 2 aromatic carbocycles. The first-order valence-electron chi connectivity index (χ1n) is 10.1. The number of nitrogens with zero attached hydrogens (tertiary/aromatic N) is 4. The lowest BCUT2D eigenvalue weighted by Crippen LogP contribution is -2.49. The zero-order chi connectivity index (χ0) is 21.8. The molecule has 6 nitrogen and oxygen atoms in total. The lowest BCUT2D eigenvalue weighted by molar-refractivity contribution is 0.0746. The highest BCUT2D eigenvalue weighted by atomic mass is 35.5. The highest BCUT2D eigenvalue weighted by Gasteiger charge is 2.23. The fourth-order valence-corrected chi connectivity index (χ4v) is 3.78. The van der Waals surface area contributed by atoms with E-state index in [0.717, 1.165) is 22.8 Å². The van der Waals surface area contributed by atoms with Gasteiger partial charge < -0.3 is 14.5 Å². The molecule has 1 saturated heterocycles. The summed E-state index contributed by atoms with van der Waals surface area (Å²) in [7, 11) is 0. The summed E-state index contributed by atoms with van der Waals surface area (Å²) in [5.41, 5.74) is 2.34. The summed E-state index contributed by atoms with van der Waals surface area (Å²) in [6, 6.07) is 16.7. The van der Waals surface area contributed by atoms with Crippen molar-refractivity contribution in [2.45, 2.75) is 6.92 Å². The van der Waals surface area contributed by atoms with Crippen molar-refractivity contribution < 1.29 is 9.53 Å². The van der Waals surface area contributed by atoms with Gasteiger partial charge in [0.2, 0.25) is 0 Å². The predicted octanol–water partition coefficient (Wildman–Crippen LogP) is 4.81. The minimum absolute atomic E-state index is 0.0462. The normalized spacial score (nSPS) is 13.9. The van der Waals surface area contributed by atoms with E-state index in [2.05, 4.69) is 15.1 Å². The van der Waals surface area contributed by atoms with Crippen LogP contribution in [0.1, 0.15) is 17.3 Å². The topological polar surface area (TPSA) is 58.6 Å². The number of hydrogen-bond donors (Lipinski definition) is 0. The van der Waals surface area contributed by atoms with Gasteiger partial charge >= 0.3 is 0 Å². The number of carbonyl (C=O) groups is 1. The molecule has 4 rings (SSSR count). The molecule has 0 spiro atoms.